The largest absolute Gasteiger partial charge is 0.354 e. The van der Waals surface area contributed by atoms with Crippen molar-refractivity contribution in [3.8, 4) is 0 Å². The van der Waals surface area contributed by atoms with Gasteiger partial charge in [-0.25, -0.2) is 0 Å². The van der Waals surface area contributed by atoms with Crippen LogP contribution in [0.2, 0.25) is 0 Å². The zero-order valence-electron chi connectivity index (χ0n) is 13.9. The molecule has 1 aromatic rings. The van der Waals surface area contributed by atoms with Crippen molar-refractivity contribution in [3.63, 3.8) is 0 Å². The molecular formula is C18H23N3O3. The van der Waals surface area contributed by atoms with Crippen molar-refractivity contribution in [2.75, 3.05) is 26.7 Å². The molecule has 0 bridgehead atoms. The molecule has 2 fully saturated rings. The van der Waals surface area contributed by atoms with E-state index in [1.807, 2.05) is 30.3 Å². The molecule has 6 nitrogen and oxygen atoms in total. The molecular weight excluding hydrogens is 306 g/mol. The number of benzene rings is 1. The third-order valence-electron chi connectivity index (χ3n) is 4.91. The maximum absolute atomic E-state index is 13.1. The lowest BCUT2D eigenvalue weighted by molar-refractivity contribution is -0.146. The zero-order chi connectivity index (χ0) is 17.1. The molecule has 3 amide bonds. The van der Waals surface area contributed by atoms with E-state index in [-0.39, 0.29) is 42.5 Å². The van der Waals surface area contributed by atoms with Crippen LogP contribution in [0.15, 0.2) is 30.3 Å². The van der Waals surface area contributed by atoms with Crippen LogP contribution in [-0.4, -0.2) is 54.2 Å². The highest BCUT2D eigenvalue weighted by Crippen LogP contribution is 2.29. The highest BCUT2D eigenvalue weighted by molar-refractivity contribution is 5.88. The average Bonchev–Trinajstić information content (AvgIpc) is 2.79. The molecule has 0 aliphatic carbocycles. The second kappa shape index (κ2) is 7.03. The third-order valence-corrected chi connectivity index (χ3v) is 4.91. The Bertz CT molecular complexity index is 632. The van der Waals surface area contributed by atoms with Gasteiger partial charge in [-0.15, -0.1) is 0 Å². The van der Waals surface area contributed by atoms with Crippen molar-refractivity contribution in [1.82, 2.24) is 15.1 Å². The van der Waals surface area contributed by atoms with Crippen molar-refractivity contribution >= 4 is 17.7 Å². The van der Waals surface area contributed by atoms with Gasteiger partial charge in [-0.05, 0) is 12.0 Å². The molecule has 2 heterocycles. The van der Waals surface area contributed by atoms with Gasteiger partial charge in [-0.3, -0.25) is 14.4 Å². The molecule has 0 unspecified atom stereocenters. The Labute approximate surface area is 141 Å². The minimum absolute atomic E-state index is 0.0122. The summed E-state index contributed by atoms with van der Waals surface area (Å²) in [6.45, 7) is 1.54. The average molecular weight is 329 g/mol. The van der Waals surface area contributed by atoms with E-state index in [9.17, 15) is 14.4 Å². The van der Waals surface area contributed by atoms with E-state index < -0.39 is 0 Å². The summed E-state index contributed by atoms with van der Waals surface area (Å²) in [6.07, 6.45) is 1.20. The van der Waals surface area contributed by atoms with E-state index in [4.69, 9.17) is 0 Å². The summed E-state index contributed by atoms with van der Waals surface area (Å²) in [5, 5.41) is 2.84. The molecule has 2 saturated heterocycles. The zero-order valence-corrected chi connectivity index (χ0v) is 13.9. The number of hydrogen-bond donors (Lipinski definition) is 1. The van der Waals surface area contributed by atoms with E-state index in [2.05, 4.69) is 5.32 Å². The van der Waals surface area contributed by atoms with Gasteiger partial charge in [0.15, 0.2) is 0 Å². The Morgan fingerprint density at radius 3 is 2.58 bits per heavy atom. The SMILES string of the molecule is CN1CC[C@H](C(=O)N2CCNC(=O)C[C@@H]2c2ccccc2)CC1=O. The van der Waals surface area contributed by atoms with Crippen molar-refractivity contribution < 1.29 is 14.4 Å². The first kappa shape index (κ1) is 16.5. The van der Waals surface area contributed by atoms with Crippen LogP contribution in [0.25, 0.3) is 0 Å². The number of rotatable bonds is 2. The fourth-order valence-corrected chi connectivity index (χ4v) is 3.45. The molecule has 2 aliphatic rings. The van der Waals surface area contributed by atoms with Gasteiger partial charge in [0.05, 0.1) is 12.5 Å². The number of hydrogen-bond acceptors (Lipinski definition) is 3. The summed E-state index contributed by atoms with van der Waals surface area (Å²) in [6, 6.07) is 9.38. The Morgan fingerprint density at radius 2 is 1.88 bits per heavy atom. The van der Waals surface area contributed by atoms with Gasteiger partial charge in [0.25, 0.3) is 0 Å². The molecule has 1 aromatic carbocycles. The van der Waals surface area contributed by atoms with Crippen LogP contribution < -0.4 is 5.32 Å². The number of carbonyl (C=O) groups is 3. The molecule has 2 atom stereocenters. The Balaban J connectivity index is 1.83. The van der Waals surface area contributed by atoms with Gasteiger partial charge in [0, 0.05) is 39.0 Å². The first-order valence-electron chi connectivity index (χ1n) is 8.42. The molecule has 0 aromatic heterocycles. The van der Waals surface area contributed by atoms with Crippen molar-refractivity contribution in [2.45, 2.75) is 25.3 Å². The van der Waals surface area contributed by atoms with E-state index >= 15 is 0 Å². The Kier molecular flexibility index (Phi) is 4.83. The van der Waals surface area contributed by atoms with Crippen LogP contribution in [0.3, 0.4) is 0 Å². The van der Waals surface area contributed by atoms with Gasteiger partial charge in [-0.1, -0.05) is 30.3 Å². The van der Waals surface area contributed by atoms with E-state index in [0.29, 0.717) is 26.1 Å². The minimum atomic E-state index is -0.284. The minimum Gasteiger partial charge on any atom is -0.354 e. The predicted molar refractivity (Wildman–Crippen MR) is 88.9 cm³/mol. The summed E-state index contributed by atoms with van der Waals surface area (Å²) >= 11 is 0. The standard InChI is InChI=1S/C18H23N3O3/c1-20-9-7-14(11-17(20)23)18(24)21-10-8-19-16(22)12-15(21)13-5-3-2-4-6-13/h2-6,14-15H,7-12H2,1H3,(H,19,22)/t14-,15+/m0/s1. The monoisotopic (exact) mass is 329 g/mol. The van der Waals surface area contributed by atoms with Crippen LogP contribution >= 0.6 is 0 Å². The number of nitrogens with zero attached hydrogens (tertiary/aromatic N) is 2. The molecule has 1 N–H and O–H groups in total. The highest BCUT2D eigenvalue weighted by atomic mass is 16.2. The van der Waals surface area contributed by atoms with Crippen LogP contribution in [0.1, 0.15) is 30.9 Å². The summed E-state index contributed by atoms with van der Waals surface area (Å²) in [5.41, 5.74) is 0.960. The molecule has 3 rings (SSSR count). The van der Waals surface area contributed by atoms with E-state index in [1.165, 1.54) is 0 Å². The summed E-state index contributed by atoms with van der Waals surface area (Å²) < 4.78 is 0. The first-order chi connectivity index (χ1) is 11.6. The third kappa shape index (κ3) is 3.42. The van der Waals surface area contributed by atoms with E-state index in [1.54, 1.807) is 16.8 Å². The smallest absolute Gasteiger partial charge is 0.226 e. The van der Waals surface area contributed by atoms with Gasteiger partial charge in [0.2, 0.25) is 17.7 Å². The lowest BCUT2D eigenvalue weighted by Gasteiger charge is -2.35. The van der Waals surface area contributed by atoms with Gasteiger partial charge in [0.1, 0.15) is 0 Å². The molecule has 128 valence electrons. The van der Waals surface area contributed by atoms with Crippen molar-refractivity contribution in [3.05, 3.63) is 35.9 Å². The van der Waals surface area contributed by atoms with Gasteiger partial charge in [-0.2, -0.15) is 0 Å². The number of nitrogens with one attached hydrogen (secondary N) is 1. The Hall–Kier alpha value is -2.37. The summed E-state index contributed by atoms with van der Waals surface area (Å²) in [4.78, 5) is 40.5. The molecule has 0 radical (unpaired) electrons. The first-order valence-corrected chi connectivity index (χ1v) is 8.42. The number of amides is 3. The normalized spacial score (nSPS) is 25.2. The number of piperidine rings is 1. The summed E-state index contributed by atoms with van der Waals surface area (Å²) in [7, 11) is 1.77. The number of carbonyl (C=O) groups excluding carboxylic acids is 3. The molecule has 6 heteroatoms. The van der Waals surface area contributed by atoms with Crippen LogP contribution in [0.4, 0.5) is 0 Å². The highest BCUT2D eigenvalue weighted by Gasteiger charge is 2.36. The summed E-state index contributed by atoms with van der Waals surface area (Å²) in [5.74, 6) is -0.326. The molecule has 0 spiro atoms. The lowest BCUT2D eigenvalue weighted by Crippen LogP contribution is -2.45. The molecule has 2 aliphatic heterocycles. The van der Waals surface area contributed by atoms with E-state index in [0.717, 1.165) is 5.56 Å². The quantitative estimate of drug-likeness (QED) is 0.878. The molecule has 24 heavy (non-hydrogen) atoms. The fourth-order valence-electron chi connectivity index (χ4n) is 3.45. The Morgan fingerprint density at radius 1 is 1.12 bits per heavy atom. The van der Waals surface area contributed by atoms with Crippen LogP contribution in [0, 0.1) is 5.92 Å². The second-order valence-corrected chi connectivity index (χ2v) is 6.52. The maximum atomic E-state index is 13.1. The number of likely N-dealkylation sites (tertiary alicyclic amines) is 1. The lowest BCUT2D eigenvalue weighted by atomic mass is 9.93. The van der Waals surface area contributed by atoms with Crippen molar-refractivity contribution in [1.29, 1.82) is 0 Å². The van der Waals surface area contributed by atoms with Gasteiger partial charge < -0.3 is 15.1 Å². The van der Waals surface area contributed by atoms with Crippen LogP contribution in [0.5, 0.6) is 0 Å². The fraction of sp³-hybridized carbons (Fsp3) is 0.500. The topological polar surface area (TPSA) is 69.7 Å². The molecule has 0 saturated carbocycles. The van der Waals surface area contributed by atoms with Gasteiger partial charge >= 0.3 is 0 Å². The van der Waals surface area contributed by atoms with Crippen LogP contribution in [-0.2, 0) is 14.4 Å². The second-order valence-electron chi connectivity index (χ2n) is 6.52. The predicted octanol–water partition coefficient (Wildman–Crippen LogP) is 0.945. The maximum Gasteiger partial charge on any atom is 0.226 e. The van der Waals surface area contributed by atoms with Crippen molar-refractivity contribution in [2.24, 2.45) is 5.92 Å².